The maximum absolute atomic E-state index is 12.7. The van der Waals surface area contributed by atoms with Crippen molar-refractivity contribution in [2.75, 3.05) is 26.4 Å². The molecule has 2 atom stereocenters. The number of allylic oxidation sites excluding steroid dienone is 18. The summed E-state index contributed by atoms with van der Waals surface area (Å²) in [5.41, 5.74) is 5.38. The van der Waals surface area contributed by atoms with Crippen molar-refractivity contribution >= 4 is 19.8 Å². The summed E-state index contributed by atoms with van der Waals surface area (Å²) in [6.07, 6.45) is 81.6. The number of phosphoric acid groups is 1. The second kappa shape index (κ2) is 59.9. The van der Waals surface area contributed by atoms with E-state index in [2.05, 4.69) is 123 Å². The summed E-state index contributed by atoms with van der Waals surface area (Å²) in [5, 5.41) is 0. The topological polar surface area (TPSA) is 134 Å². The Balaban J connectivity index is 3.91. The highest BCUT2D eigenvalue weighted by Gasteiger charge is 2.26. The molecule has 0 aliphatic heterocycles. The highest BCUT2D eigenvalue weighted by molar-refractivity contribution is 7.47. The molecule has 3 N–H and O–H groups in total. The molecule has 0 aliphatic carbocycles. The Bertz CT molecular complexity index is 1590. The maximum Gasteiger partial charge on any atom is 0.472 e. The van der Waals surface area contributed by atoms with Crippen LogP contribution in [-0.4, -0.2) is 49.3 Å². The number of nitrogens with two attached hydrogens (primary N) is 1. The first-order valence-corrected chi connectivity index (χ1v) is 31.9. The first kappa shape index (κ1) is 71.7. The van der Waals surface area contributed by atoms with E-state index in [1.54, 1.807) is 0 Å². The molecule has 0 heterocycles. The van der Waals surface area contributed by atoms with E-state index in [1.807, 2.05) is 0 Å². The lowest BCUT2D eigenvalue weighted by Crippen LogP contribution is -2.29. The average molecular weight is 1070 g/mol. The average Bonchev–Trinajstić information content (AvgIpc) is 3.40. The normalized spacial score (nSPS) is 13.8. The van der Waals surface area contributed by atoms with Gasteiger partial charge in [0.2, 0.25) is 0 Å². The quantitative estimate of drug-likeness (QED) is 0.0264. The van der Waals surface area contributed by atoms with Gasteiger partial charge in [0.25, 0.3) is 0 Å². The monoisotopic (exact) mass is 1070 g/mol. The zero-order valence-corrected chi connectivity index (χ0v) is 48.9. The highest BCUT2D eigenvalue weighted by atomic mass is 31.2. The summed E-state index contributed by atoms with van der Waals surface area (Å²) in [4.78, 5) is 35.2. The van der Waals surface area contributed by atoms with Gasteiger partial charge < -0.3 is 20.1 Å². The second-order valence-corrected chi connectivity index (χ2v) is 21.3. The predicted octanol–water partition coefficient (Wildman–Crippen LogP) is 19.4. The molecule has 0 fully saturated rings. The molecule has 0 aromatic carbocycles. The number of phosphoric ester groups is 1. The van der Waals surface area contributed by atoms with Crippen LogP contribution >= 0.6 is 7.82 Å². The zero-order valence-electron chi connectivity index (χ0n) is 48.0. The van der Waals surface area contributed by atoms with Crippen LogP contribution in [0.15, 0.2) is 109 Å². The van der Waals surface area contributed by atoms with Gasteiger partial charge in [-0.3, -0.25) is 18.6 Å². The summed E-state index contributed by atoms with van der Waals surface area (Å²) in [6.45, 7) is 3.51. The molecule has 0 aromatic heterocycles. The van der Waals surface area contributed by atoms with Crippen LogP contribution in [-0.2, 0) is 32.7 Å². The third kappa shape index (κ3) is 59.8. The molecule has 0 saturated carbocycles. The standard InChI is InChI=1S/C65H112NO8P/c1-3-5-7-9-11-13-15-17-19-21-23-24-25-26-27-28-29-30-31-32-33-34-35-36-37-38-40-42-44-46-48-50-52-54-56-58-65(68)74-63(62-73-75(69,70)72-60-59-66)61-71-64(67)57-55-53-51-49-47-45-43-41-39-22-20-18-16-14-12-10-8-6-4-2/h5-8,11-14,17-20,23-24,26-27,39,41,63H,3-4,9-10,15-16,21-22,25,28-38,40,42-62,66H2,1-2H3,(H,69,70)/b7-5-,8-6-,13-11-,14-12-,19-17-,20-18-,24-23-,27-26-,41-39-. The number of hydrogen-bond donors (Lipinski definition) is 2. The molecular weight excluding hydrogens is 954 g/mol. The fraction of sp³-hybridized carbons (Fsp3) is 0.692. The van der Waals surface area contributed by atoms with Gasteiger partial charge >= 0.3 is 19.8 Å². The Hall–Kier alpha value is -3.33. The van der Waals surface area contributed by atoms with Gasteiger partial charge in [0.15, 0.2) is 6.10 Å². The Labute approximate surface area is 460 Å². The lowest BCUT2D eigenvalue weighted by molar-refractivity contribution is -0.161. The van der Waals surface area contributed by atoms with Crippen LogP contribution in [0.5, 0.6) is 0 Å². The first-order valence-electron chi connectivity index (χ1n) is 30.4. The molecule has 9 nitrogen and oxygen atoms in total. The van der Waals surface area contributed by atoms with E-state index < -0.39 is 32.5 Å². The Morgan fingerprint density at radius 1 is 0.400 bits per heavy atom. The van der Waals surface area contributed by atoms with E-state index in [0.29, 0.717) is 12.8 Å². The third-order valence-electron chi connectivity index (χ3n) is 12.7. The summed E-state index contributed by atoms with van der Waals surface area (Å²) in [6, 6.07) is 0. The number of carbonyl (C=O) groups is 2. The van der Waals surface area contributed by atoms with Crippen LogP contribution in [0.1, 0.15) is 258 Å². The maximum atomic E-state index is 12.7. The van der Waals surface area contributed by atoms with Crippen LogP contribution < -0.4 is 5.73 Å². The molecule has 0 rings (SSSR count). The zero-order chi connectivity index (χ0) is 54.5. The van der Waals surface area contributed by atoms with Crippen LogP contribution in [0.25, 0.3) is 0 Å². The van der Waals surface area contributed by atoms with Gasteiger partial charge in [-0.25, -0.2) is 4.57 Å². The molecule has 0 bridgehead atoms. The minimum atomic E-state index is -4.40. The van der Waals surface area contributed by atoms with Gasteiger partial charge in [-0.15, -0.1) is 0 Å². The molecule has 0 amide bonds. The van der Waals surface area contributed by atoms with E-state index >= 15 is 0 Å². The van der Waals surface area contributed by atoms with Gasteiger partial charge in [-0.05, 0) is 96.3 Å². The number of hydrogen-bond acceptors (Lipinski definition) is 8. The van der Waals surface area contributed by atoms with Crippen LogP contribution in [0, 0.1) is 0 Å². The second-order valence-electron chi connectivity index (χ2n) is 19.8. The number of unbranched alkanes of at least 4 members (excludes halogenated alkanes) is 25. The number of rotatable bonds is 56. The van der Waals surface area contributed by atoms with Crippen molar-refractivity contribution in [3.63, 3.8) is 0 Å². The molecule has 0 spiro atoms. The summed E-state index contributed by atoms with van der Waals surface area (Å²) in [5.74, 6) is -0.842. The fourth-order valence-corrected chi connectivity index (χ4v) is 9.01. The van der Waals surface area contributed by atoms with Crippen LogP contribution in [0.3, 0.4) is 0 Å². The van der Waals surface area contributed by atoms with Gasteiger partial charge in [0.05, 0.1) is 13.2 Å². The fourth-order valence-electron chi connectivity index (χ4n) is 8.24. The van der Waals surface area contributed by atoms with Crippen molar-refractivity contribution in [3.05, 3.63) is 109 Å². The molecule has 0 radical (unpaired) electrons. The van der Waals surface area contributed by atoms with Crippen LogP contribution in [0.4, 0.5) is 0 Å². The minimum Gasteiger partial charge on any atom is -0.462 e. The molecule has 0 aromatic rings. The molecule has 0 saturated heterocycles. The summed E-state index contributed by atoms with van der Waals surface area (Å²) < 4.78 is 33.0. The molecule has 10 heteroatoms. The molecule has 0 aliphatic rings. The third-order valence-corrected chi connectivity index (χ3v) is 13.6. The van der Waals surface area contributed by atoms with Crippen molar-refractivity contribution < 1.29 is 37.6 Å². The van der Waals surface area contributed by atoms with Crippen molar-refractivity contribution in [2.45, 2.75) is 264 Å². The van der Waals surface area contributed by atoms with Gasteiger partial charge in [0.1, 0.15) is 6.61 Å². The smallest absolute Gasteiger partial charge is 0.462 e. The van der Waals surface area contributed by atoms with Gasteiger partial charge in [0, 0.05) is 19.4 Å². The van der Waals surface area contributed by atoms with Crippen molar-refractivity contribution in [1.29, 1.82) is 0 Å². The Kier molecular flexibility index (Phi) is 57.2. The molecule has 2 unspecified atom stereocenters. The van der Waals surface area contributed by atoms with Crippen molar-refractivity contribution in [1.82, 2.24) is 0 Å². The van der Waals surface area contributed by atoms with E-state index in [1.165, 1.54) is 103 Å². The van der Waals surface area contributed by atoms with Crippen molar-refractivity contribution in [3.8, 4) is 0 Å². The van der Waals surface area contributed by atoms with Crippen molar-refractivity contribution in [2.24, 2.45) is 5.73 Å². The number of ether oxygens (including phenoxy) is 2. The van der Waals surface area contributed by atoms with Gasteiger partial charge in [-0.2, -0.15) is 0 Å². The first-order chi connectivity index (χ1) is 36.8. The van der Waals surface area contributed by atoms with Crippen LogP contribution in [0.2, 0.25) is 0 Å². The molecular formula is C65H112NO8P. The lowest BCUT2D eigenvalue weighted by Gasteiger charge is -2.19. The minimum absolute atomic E-state index is 0.0476. The summed E-state index contributed by atoms with van der Waals surface area (Å²) in [7, 11) is -4.40. The number of carbonyl (C=O) groups excluding carboxylic acids is 2. The lowest BCUT2D eigenvalue weighted by atomic mass is 10.0. The van der Waals surface area contributed by atoms with Gasteiger partial charge in [-0.1, -0.05) is 258 Å². The van der Waals surface area contributed by atoms with E-state index in [-0.39, 0.29) is 32.6 Å². The largest absolute Gasteiger partial charge is 0.472 e. The number of esters is 2. The van der Waals surface area contributed by atoms with E-state index in [9.17, 15) is 19.0 Å². The van der Waals surface area contributed by atoms with E-state index in [4.69, 9.17) is 24.3 Å². The molecule has 75 heavy (non-hydrogen) atoms. The summed E-state index contributed by atoms with van der Waals surface area (Å²) >= 11 is 0. The SMILES string of the molecule is CC/C=C\C/C=C\C/C=C\C/C=C\C/C=C\CCCCCCCCCCCCCCCCCCCCCC(=O)OC(COC(=O)CCCCCCCC/C=C\C/C=C\C/C=C\C/C=C\CC)COP(=O)(O)OCCN. The predicted molar refractivity (Wildman–Crippen MR) is 321 cm³/mol. The molecule has 430 valence electrons. The highest BCUT2D eigenvalue weighted by Crippen LogP contribution is 2.43. The Morgan fingerprint density at radius 2 is 0.693 bits per heavy atom. The van der Waals surface area contributed by atoms with E-state index in [0.717, 1.165) is 116 Å². The Morgan fingerprint density at radius 3 is 1.03 bits per heavy atom.